The quantitative estimate of drug-likeness (QED) is 0.287. The number of carbonyl (C=O) groups excluding carboxylic acids is 1. The molecule has 5 rings (SSSR count). The zero-order valence-electron chi connectivity index (χ0n) is 22.0. The number of aromatic nitrogens is 3. The molecule has 10 heteroatoms. The van der Waals surface area contributed by atoms with Crippen molar-refractivity contribution >= 4 is 22.8 Å². The van der Waals surface area contributed by atoms with Crippen LogP contribution in [0.25, 0.3) is 22.2 Å². The van der Waals surface area contributed by atoms with Gasteiger partial charge in [0.05, 0.1) is 30.7 Å². The van der Waals surface area contributed by atoms with E-state index in [1.165, 1.54) is 0 Å². The topological polar surface area (TPSA) is 72.7 Å². The van der Waals surface area contributed by atoms with Crippen LogP contribution in [0, 0.1) is 6.92 Å². The lowest BCUT2D eigenvalue weighted by Crippen LogP contribution is -2.48. The van der Waals surface area contributed by atoms with Crippen molar-refractivity contribution in [1.82, 2.24) is 19.4 Å². The molecule has 4 aromatic rings. The van der Waals surface area contributed by atoms with E-state index in [1.54, 1.807) is 24.3 Å². The van der Waals surface area contributed by atoms with Crippen LogP contribution < -0.4 is 9.64 Å². The van der Waals surface area contributed by atoms with Crippen LogP contribution in [0.2, 0.25) is 0 Å². The second kappa shape index (κ2) is 11.8. The number of piperazine rings is 1. The maximum Gasteiger partial charge on any atom is 0.387 e. The van der Waals surface area contributed by atoms with E-state index >= 15 is 0 Å². The van der Waals surface area contributed by atoms with Crippen LogP contribution >= 0.6 is 0 Å². The number of anilines is 1. The van der Waals surface area contributed by atoms with Gasteiger partial charge in [-0.2, -0.15) is 8.78 Å². The van der Waals surface area contributed by atoms with E-state index < -0.39 is 6.61 Å². The van der Waals surface area contributed by atoms with Gasteiger partial charge >= 0.3 is 12.6 Å². The molecule has 0 radical (unpaired) electrons. The van der Waals surface area contributed by atoms with E-state index in [-0.39, 0.29) is 11.7 Å². The molecule has 2 aromatic heterocycles. The number of rotatable bonds is 9. The highest BCUT2D eigenvalue weighted by atomic mass is 19.3. The predicted octanol–water partition coefficient (Wildman–Crippen LogP) is 4.74. The van der Waals surface area contributed by atoms with Gasteiger partial charge in [0.25, 0.3) is 0 Å². The van der Waals surface area contributed by atoms with Crippen molar-refractivity contribution in [3.63, 3.8) is 0 Å². The molecule has 39 heavy (non-hydrogen) atoms. The van der Waals surface area contributed by atoms with Gasteiger partial charge in [-0.25, -0.2) is 9.97 Å². The van der Waals surface area contributed by atoms with Crippen molar-refractivity contribution in [3.8, 4) is 16.9 Å². The number of pyridine rings is 1. The van der Waals surface area contributed by atoms with Gasteiger partial charge in [0.1, 0.15) is 17.4 Å². The summed E-state index contributed by atoms with van der Waals surface area (Å²) in [5.74, 6) is 1.65. The normalized spacial score (nSPS) is 14.2. The van der Waals surface area contributed by atoms with Gasteiger partial charge in [0.2, 0.25) is 0 Å². The van der Waals surface area contributed by atoms with Crippen LogP contribution in [0.5, 0.6) is 5.75 Å². The van der Waals surface area contributed by atoms with Gasteiger partial charge in [0, 0.05) is 43.5 Å². The molecule has 3 heterocycles. The number of fused-ring (bicyclic) bond motifs is 1. The third-order valence-corrected chi connectivity index (χ3v) is 6.89. The summed E-state index contributed by atoms with van der Waals surface area (Å²) in [6.45, 7) is 5.01. The average molecular weight is 536 g/mol. The van der Waals surface area contributed by atoms with E-state index in [0.29, 0.717) is 25.3 Å². The number of benzene rings is 2. The Morgan fingerprint density at radius 3 is 2.51 bits per heavy atom. The van der Waals surface area contributed by atoms with Crippen molar-refractivity contribution in [3.05, 3.63) is 72.2 Å². The van der Waals surface area contributed by atoms with Gasteiger partial charge in [-0.1, -0.05) is 24.3 Å². The Kier molecular flexibility index (Phi) is 8.02. The SMILES string of the molecule is CCOC(=O)CN1CCN(c2ccc(-c3ccc4nc(C)n(Cc5ccccc5OC(F)F)c4c3)cn2)CC1. The minimum Gasteiger partial charge on any atom is -0.465 e. The van der Waals surface area contributed by atoms with Crippen molar-refractivity contribution in [2.75, 3.05) is 44.2 Å². The van der Waals surface area contributed by atoms with Crippen LogP contribution in [0.4, 0.5) is 14.6 Å². The molecule has 1 aliphatic heterocycles. The first-order valence-electron chi connectivity index (χ1n) is 13.0. The first-order valence-corrected chi connectivity index (χ1v) is 13.0. The zero-order chi connectivity index (χ0) is 27.4. The number of nitrogens with zero attached hydrogens (tertiary/aromatic N) is 5. The summed E-state index contributed by atoms with van der Waals surface area (Å²) >= 11 is 0. The Labute approximate surface area is 225 Å². The fourth-order valence-corrected chi connectivity index (χ4v) is 4.91. The molecule has 1 fully saturated rings. The largest absolute Gasteiger partial charge is 0.465 e. The summed E-state index contributed by atoms with van der Waals surface area (Å²) < 4.78 is 37.6. The Morgan fingerprint density at radius 1 is 1.03 bits per heavy atom. The molecule has 204 valence electrons. The summed E-state index contributed by atoms with van der Waals surface area (Å²) in [5.41, 5.74) is 4.33. The second-order valence-electron chi connectivity index (χ2n) is 9.41. The van der Waals surface area contributed by atoms with Gasteiger partial charge in [0.15, 0.2) is 0 Å². The first kappa shape index (κ1) is 26.6. The highest BCUT2D eigenvalue weighted by Crippen LogP contribution is 2.28. The molecule has 0 spiro atoms. The number of alkyl halides is 2. The molecule has 0 unspecified atom stereocenters. The lowest BCUT2D eigenvalue weighted by Gasteiger charge is -2.34. The monoisotopic (exact) mass is 535 g/mol. The van der Waals surface area contributed by atoms with Crippen molar-refractivity contribution in [2.45, 2.75) is 27.0 Å². The van der Waals surface area contributed by atoms with Gasteiger partial charge in [-0.05, 0) is 49.7 Å². The molecule has 0 atom stereocenters. The van der Waals surface area contributed by atoms with E-state index in [0.717, 1.165) is 60.0 Å². The van der Waals surface area contributed by atoms with Crippen LogP contribution in [-0.2, 0) is 16.1 Å². The second-order valence-corrected chi connectivity index (χ2v) is 9.41. The van der Waals surface area contributed by atoms with Gasteiger partial charge < -0.3 is 18.9 Å². The Hall–Kier alpha value is -4.05. The molecular weight excluding hydrogens is 504 g/mol. The lowest BCUT2D eigenvalue weighted by molar-refractivity contribution is -0.144. The van der Waals surface area contributed by atoms with E-state index in [1.807, 2.05) is 48.9 Å². The highest BCUT2D eigenvalue weighted by molar-refractivity contribution is 5.83. The summed E-state index contributed by atoms with van der Waals surface area (Å²) in [7, 11) is 0. The standard InChI is InChI=1S/C29H31F2N5O3/c1-3-38-28(37)19-34-12-14-35(15-13-34)27-11-9-22(17-32-27)21-8-10-24-25(16-21)36(20(2)33-24)18-23-6-4-5-7-26(23)39-29(30)31/h4-11,16-17,29H,3,12-15,18-19H2,1-2H3. The number of hydrogen-bond donors (Lipinski definition) is 0. The molecule has 0 amide bonds. The number of aryl methyl sites for hydroxylation is 1. The van der Waals surface area contributed by atoms with Crippen LogP contribution in [0.15, 0.2) is 60.8 Å². The molecular formula is C29H31F2N5O3. The summed E-state index contributed by atoms with van der Waals surface area (Å²) in [5, 5.41) is 0. The molecule has 8 nitrogen and oxygen atoms in total. The van der Waals surface area contributed by atoms with Crippen molar-refractivity contribution < 1.29 is 23.0 Å². The van der Waals surface area contributed by atoms with Crippen LogP contribution in [0.3, 0.4) is 0 Å². The smallest absolute Gasteiger partial charge is 0.387 e. The highest BCUT2D eigenvalue weighted by Gasteiger charge is 2.20. The molecule has 0 N–H and O–H groups in total. The third kappa shape index (κ3) is 6.17. The van der Waals surface area contributed by atoms with E-state index in [4.69, 9.17) is 14.5 Å². The summed E-state index contributed by atoms with van der Waals surface area (Å²) in [4.78, 5) is 25.4. The lowest BCUT2D eigenvalue weighted by atomic mass is 10.1. The van der Waals surface area contributed by atoms with Gasteiger partial charge in [-0.3, -0.25) is 9.69 Å². The van der Waals surface area contributed by atoms with E-state index in [2.05, 4.69) is 20.9 Å². The fourth-order valence-electron chi connectivity index (χ4n) is 4.91. The number of imidazole rings is 1. The number of ether oxygens (including phenoxy) is 2. The van der Waals surface area contributed by atoms with Crippen LogP contribution in [-0.4, -0.2) is 71.3 Å². The molecule has 0 bridgehead atoms. The Bertz CT molecular complexity index is 1430. The molecule has 1 aliphatic rings. The van der Waals surface area contributed by atoms with E-state index in [9.17, 15) is 13.6 Å². The maximum absolute atomic E-state index is 12.9. The molecule has 0 aliphatic carbocycles. The molecule has 2 aromatic carbocycles. The minimum absolute atomic E-state index is 0.159. The summed E-state index contributed by atoms with van der Waals surface area (Å²) in [6, 6.07) is 16.9. The number of hydrogen-bond acceptors (Lipinski definition) is 7. The third-order valence-electron chi connectivity index (χ3n) is 6.89. The zero-order valence-corrected chi connectivity index (χ0v) is 22.0. The number of carbonyl (C=O) groups is 1. The Morgan fingerprint density at radius 2 is 1.79 bits per heavy atom. The first-order chi connectivity index (χ1) is 18.9. The fraction of sp³-hybridized carbons (Fsp3) is 0.345. The van der Waals surface area contributed by atoms with Gasteiger partial charge in [-0.15, -0.1) is 0 Å². The van der Waals surface area contributed by atoms with Crippen molar-refractivity contribution in [1.29, 1.82) is 0 Å². The number of halogens is 2. The Balaban J connectivity index is 1.32. The molecule has 0 saturated carbocycles. The molecule has 1 saturated heterocycles. The minimum atomic E-state index is -2.89. The predicted molar refractivity (Wildman–Crippen MR) is 145 cm³/mol. The summed E-state index contributed by atoms with van der Waals surface area (Å²) in [6.07, 6.45) is 1.86. The number of para-hydroxylation sites is 1. The van der Waals surface area contributed by atoms with Crippen LogP contribution in [0.1, 0.15) is 18.3 Å². The average Bonchev–Trinajstić information content (AvgIpc) is 3.24. The van der Waals surface area contributed by atoms with Crippen molar-refractivity contribution in [2.24, 2.45) is 0 Å². The maximum atomic E-state index is 12.9. The number of esters is 1.